The van der Waals surface area contributed by atoms with Crippen molar-refractivity contribution in [2.45, 2.75) is 18.9 Å². The van der Waals surface area contributed by atoms with E-state index in [0.717, 1.165) is 17.7 Å². The van der Waals surface area contributed by atoms with Crippen LogP contribution in [0.1, 0.15) is 12.8 Å². The molecule has 0 spiro atoms. The largest absolute Gasteiger partial charge is 0.415 e. The predicted molar refractivity (Wildman–Crippen MR) is 108 cm³/mol. The smallest absolute Gasteiger partial charge is 0.410 e. The molecule has 1 N–H and O–H groups in total. The average Bonchev–Trinajstić information content (AvgIpc) is 3.39. The van der Waals surface area contributed by atoms with Crippen LogP contribution in [0.5, 0.6) is 5.75 Å². The van der Waals surface area contributed by atoms with Crippen molar-refractivity contribution < 1.29 is 14.3 Å². The van der Waals surface area contributed by atoms with Crippen LogP contribution in [-0.4, -0.2) is 34.5 Å². The van der Waals surface area contributed by atoms with Gasteiger partial charge in [0, 0.05) is 17.5 Å². The molecular weight excluding hydrogens is 374 g/mol. The molecule has 1 saturated heterocycles. The van der Waals surface area contributed by atoms with Gasteiger partial charge in [0.2, 0.25) is 5.91 Å². The molecule has 0 saturated carbocycles. The van der Waals surface area contributed by atoms with Crippen LogP contribution in [0.25, 0.3) is 11.3 Å². The lowest BCUT2D eigenvalue weighted by atomic mass is 10.2. The first-order valence-corrected chi connectivity index (χ1v) is 9.94. The zero-order valence-electron chi connectivity index (χ0n) is 15.1. The predicted octanol–water partition coefficient (Wildman–Crippen LogP) is 4.41. The number of ether oxygens (including phenoxy) is 1. The van der Waals surface area contributed by atoms with Gasteiger partial charge in [0.25, 0.3) is 0 Å². The fourth-order valence-electron chi connectivity index (χ4n) is 3.17. The lowest BCUT2D eigenvalue weighted by Gasteiger charge is -2.22. The van der Waals surface area contributed by atoms with Gasteiger partial charge in [0.15, 0.2) is 5.13 Å². The van der Waals surface area contributed by atoms with E-state index in [1.165, 1.54) is 16.2 Å². The molecule has 2 heterocycles. The number of anilines is 1. The quantitative estimate of drug-likeness (QED) is 0.713. The zero-order chi connectivity index (χ0) is 19.3. The summed E-state index contributed by atoms with van der Waals surface area (Å²) in [6.07, 6.45) is 0.856. The highest BCUT2D eigenvalue weighted by molar-refractivity contribution is 7.14. The Labute approximate surface area is 166 Å². The molecule has 1 aliphatic heterocycles. The van der Waals surface area contributed by atoms with Gasteiger partial charge in [-0.25, -0.2) is 9.78 Å². The molecule has 2 aromatic carbocycles. The highest BCUT2D eigenvalue weighted by Gasteiger charge is 2.35. The van der Waals surface area contributed by atoms with Crippen LogP contribution in [0.4, 0.5) is 9.93 Å². The van der Waals surface area contributed by atoms with E-state index in [9.17, 15) is 9.59 Å². The lowest BCUT2D eigenvalue weighted by molar-refractivity contribution is -0.119. The topological polar surface area (TPSA) is 71.5 Å². The maximum Gasteiger partial charge on any atom is 0.415 e. The van der Waals surface area contributed by atoms with Crippen LogP contribution >= 0.6 is 11.3 Å². The Kier molecular flexibility index (Phi) is 5.34. The molecule has 1 atom stereocenters. The number of benzene rings is 2. The minimum absolute atomic E-state index is 0.239. The van der Waals surface area contributed by atoms with E-state index in [1.807, 2.05) is 41.8 Å². The molecule has 0 aliphatic carbocycles. The number of carbonyl (C=O) groups is 2. The normalized spacial score (nSPS) is 16.0. The molecule has 142 valence electrons. The van der Waals surface area contributed by atoms with E-state index < -0.39 is 12.1 Å². The van der Waals surface area contributed by atoms with Gasteiger partial charge in [0.05, 0.1) is 5.69 Å². The highest BCUT2D eigenvalue weighted by Crippen LogP contribution is 2.26. The van der Waals surface area contributed by atoms with Crippen molar-refractivity contribution in [1.82, 2.24) is 9.88 Å². The van der Waals surface area contributed by atoms with Crippen LogP contribution in [-0.2, 0) is 4.79 Å². The number of amides is 2. The Balaban J connectivity index is 1.41. The number of carbonyl (C=O) groups excluding carboxylic acids is 2. The van der Waals surface area contributed by atoms with Crippen LogP contribution < -0.4 is 10.1 Å². The van der Waals surface area contributed by atoms with Gasteiger partial charge < -0.3 is 10.1 Å². The first-order chi connectivity index (χ1) is 13.7. The standard InChI is InChI=1S/C21H19N3O3S/c25-19(23-20-22-17(14-28-20)15-8-3-1-4-9-15)18-12-7-13-24(18)21(26)27-16-10-5-2-6-11-16/h1-6,8-11,14,18H,7,12-13H2,(H,22,23,25)/t18-/m0/s1. The molecule has 1 aromatic heterocycles. The van der Waals surface area contributed by atoms with Gasteiger partial charge in [-0.05, 0) is 25.0 Å². The van der Waals surface area contributed by atoms with Crippen molar-refractivity contribution in [3.05, 3.63) is 66.0 Å². The number of aromatic nitrogens is 1. The minimum atomic E-state index is -0.555. The Morgan fingerprint density at radius 2 is 1.79 bits per heavy atom. The van der Waals surface area contributed by atoms with Crippen molar-refractivity contribution in [2.24, 2.45) is 0 Å². The number of para-hydroxylation sites is 1. The Morgan fingerprint density at radius 1 is 1.07 bits per heavy atom. The summed E-state index contributed by atoms with van der Waals surface area (Å²) in [6, 6.07) is 18.1. The summed E-state index contributed by atoms with van der Waals surface area (Å²) >= 11 is 1.37. The van der Waals surface area contributed by atoms with E-state index in [-0.39, 0.29) is 5.91 Å². The molecule has 2 amide bonds. The number of nitrogens with zero attached hydrogens (tertiary/aromatic N) is 2. The SMILES string of the molecule is O=C(Nc1nc(-c2ccccc2)cs1)[C@@H]1CCCN1C(=O)Oc1ccccc1. The monoisotopic (exact) mass is 393 g/mol. The first-order valence-electron chi connectivity index (χ1n) is 9.06. The van der Waals surface area contributed by atoms with Gasteiger partial charge in [-0.15, -0.1) is 11.3 Å². The van der Waals surface area contributed by atoms with E-state index in [0.29, 0.717) is 23.8 Å². The molecule has 4 rings (SSSR count). The lowest BCUT2D eigenvalue weighted by Crippen LogP contribution is -2.44. The number of nitrogens with one attached hydrogen (secondary N) is 1. The van der Waals surface area contributed by atoms with Gasteiger partial charge in [-0.2, -0.15) is 0 Å². The molecular formula is C21H19N3O3S. The summed E-state index contributed by atoms with van der Waals surface area (Å²) in [4.78, 5) is 31.2. The van der Waals surface area contributed by atoms with Crippen molar-refractivity contribution >= 4 is 28.5 Å². The number of likely N-dealkylation sites (tertiary alicyclic amines) is 1. The van der Waals surface area contributed by atoms with Crippen molar-refractivity contribution in [3.8, 4) is 17.0 Å². The zero-order valence-corrected chi connectivity index (χ0v) is 15.9. The average molecular weight is 393 g/mol. The highest BCUT2D eigenvalue weighted by atomic mass is 32.1. The van der Waals surface area contributed by atoms with Crippen LogP contribution in [0, 0.1) is 0 Å². The van der Waals surface area contributed by atoms with E-state index in [4.69, 9.17) is 4.74 Å². The first kappa shape index (κ1) is 18.2. The second-order valence-corrected chi connectivity index (χ2v) is 7.28. The summed E-state index contributed by atoms with van der Waals surface area (Å²) in [6.45, 7) is 0.497. The fourth-order valence-corrected chi connectivity index (χ4v) is 3.89. The Morgan fingerprint density at radius 3 is 2.54 bits per heavy atom. The Bertz CT molecular complexity index is 959. The molecule has 0 unspecified atom stereocenters. The van der Waals surface area contributed by atoms with Gasteiger partial charge in [-0.1, -0.05) is 48.5 Å². The molecule has 7 heteroatoms. The summed E-state index contributed by atoms with van der Waals surface area (Å²) in [7, 11) is 0. The van der Waals surface area contributed by atoms with E-state index >= 15 is 0 Å². The molecule has 1 aliphatic rings. The van der Waals surface area contributed by atoms with Crippen molar-refractivity contribution in [2.75, 3.05) is 11.9 Å². The summed E-state index contributed by atoms with van der Waals surface area (Å²) in [5.41, 5.74) is 1.81. The van der Waals surface area contributed by atoms with E-state index in [2.05, 4.69) is 10.3 Å². The number of rotatable bonds is 4. The third-order valence-corrected chi connectivity index (χ3v) is 5.30. The second kappa shape index (κ2) is 8.22. The van der Waals surface area contributed by atoms with Crippen LogP contribution in [0.3, 0.4) is 0 Å². The minimum Gasteiger partial charge on any atom is -0.410 e. The summed E-state index contributed by atoms with van der Waals surface area (Å²) in [5.74, 6) is 0.224. The van der Waals surface area contributed by atoms with Gasteiger partial charge >= 0.3 is 6.09 Å². The molecule has 28 heavy (non-hydrogen) atoms. The maximum atomic E-state index is 12.7. The van der Waals surface area contributed by atoms with Gasteiger partial charge in [0.1, 0.15) is 11.8 Å². The van der Waals surface area contributed by atoms with E-state index in [1.54, 1.807) is 24.3 Å². The number of hydrogen-bond acceptors (Lipinski definition) is 5. The second-order valence-electron chi connectivity index (χ2n) is 6.43. The number of thiazole rings is 1. The maximum absolute atomic E-state index is 12.7. The van der Waals surface area contributed by atoms with Crippen LogP contribution in [0.15, 0.2) is 66.0 Å². The third-order valence-electron chi connectivity index (χ3n) is 4.54. The molecule has 3 aromatic rings. The van der Waals surface area contributed by atoms with Crippen molar-refractivity contribution in [1.29, 1.82) is 0 Å². The fraction of sp³-hybridized carbons (Fsp3) is 0.190. The Hall–Kier alpha value is -3.19. The molecule has 0 bridgehead atoms. The van der Waals surface area contributed by atoms with Gasteiger partial charge in [-0.3, -0.25) is 9.69 Å². The third kappa shape index (κ3) is 4.04. The molecule has 1 fully saturated rings. The summed E-state index contributed by atoms with van der Waals surface area (Å²) < 4.78 is 5.38. The summed E-state index contributed by atoms with van der Waals surface area (Å²) in [5, 5.41) is 5.27. The number of hydrogen-bond donors (Lipinski definition) is 1. The van der Waals surface area contributed by atoms with Crippen molar-refractivity contribution in [3.63, 3.8) is 0 Å². The molecule has 0 radical (unpaired) electrons. The molecule has 6 nitrogen and oxygen atoms in total. The van der Waals surface area contributed by atoms with Crippen LogP contribution in [0.2, 0.25) is 0 Å².